The molecule has 0 saturated carbocycles. The van der Waals surface area contributed by atoms with E-state index in [9.17, 15) is 14.4 Å². The molecule has 0 radical (unpaired) electrons. The van der Waals surface area contributed by atoms with Crippen molar-refractivity contribution in [2.75, 3.05) is 32.5 Å². The molecule has 2 N–H and O–H groups in total. The summed E-state index contributed by atoms with van der Waals surface area (Å²) in [5.41, 5.74) is 4.32. The third kappa shape index (κ3) is 9.08. The van der Waals surface area contributed by atoms with E-state index in [1.165, 1.54) is 0 Å². The lowest BCUT2D eigenvalue weighted by molar-refractivity contribution is -0.146. The fourth-order valence-corrected chi connectivity index (χ4v) is 6.99. The van der Waals surface area contributed by atoms with Gasteiger partial charge in [-0.1, -0.05) is 109 Å². The smallest absolute Gasteiger partial charge is 0.246 e. The summed E-state index contributed by atoms with van der Waals surface area (Å²) in [6.45, 7) is 5.07. The zero-order chi connectivity index (χ0) is 35.6. The lowest BCUT2D eigenvalue weighted by Gasteiger charge is -2.42. The van der Waals surface area contributed by atoms with Gasteiger partial charge in [-0.15, -0.1) is 0 Å². The van der Waals surface area contributed by atoms with Crippen molar-refractivity contribution < 1.29 is 14.4 Å². The molecule has 4 aromatic rings. The Morgan fingerprint density at radius 2 is 1.42 bits per heavy atom. The van der Waals surface area contributed by atoms with Crippen LogP contribution in [0.4, 0.5) is 5.69 Å². The van der Waals surface area contributed by atoms with Gasteiger partial charge in [0, 0.05) is 44.8 Å². The van der Waals surface area contributed by atoms with Gasteiger partial charge in [-0.05, 0) is 80.0 Å². The van der Waals surface area contributed by atoms with Gasteiger partial charge < -0.3 is 20.4 Å². The molecule has 1 saturated heterocycles. The molecule has 0 aliphatic carbocycles. The Hall–Kier alpha value is -5.17. The van der Waals surface area contributed by atoms with Gasteiger partial charge in [-0.2, -0.15) is 0 Å². The average Bonchev–Trinajstić information content (AvgIpc) is 3.14. The first-order valence-electron chi connectivity index (χ1n) is 17.6. The number of anilines is 1. The van der Waals surface area contributed by atoms with Gasteiger partial charge in [0.05, 0.1) is 5.41 Å². The quantitative estimate of drug-likeness (QED) is 0.148. The highest BCUT2D eigenvalue weighted by Gasteiger charge is 2.43. The number of piperidine rings is 1. The monoisotopic (exact) mass is 670 g/mol. The number of hydrogen-bond acceptors (Lipinski definition) is 4. The number of hydrogen-bond donors (Lipinski definition) is 2. The number of likely N-dealkylation sites (N-methyl/N-ethyl adjacent to an activating group) is 1. The summed E-state index contributed by atoms with van der Waals surface area (Å²) in [7, 11) is 3.40. The first-order valence-corrected chi connectivity index (χ1v) is 17.6. The Kier molecular flexibility index (Phi) is 11.9. The van der Waals surface area contributed by atoms with Gasteiger partial charge in [0.2, 0.25) is 17.7 Å². The molecule has 1 fully saturated rings. The predicted molar refractivity (Wildman–Crippen MR) is 203 cm³/mol. The number of carbonyl (C=O) groups excluding carboxylic acids is 3. The van der Waals surface area contributed by atoms with Gasteiger partial charge in [0.15, 0.2) is 0 Å². The van der Waals surface area contributed by atoms with Crippen molar-refractivity contribution in [3.8, 4) is 11.1 Å². The number of para-hydroxylation sites is 1. The molecule has 0 spiro atoms. The summed E-state index contributed by atoms with van der Waals surface area (Å²) in [4.78, 5) is 45.1. The Bertz CT molecular complexity index is 1750. The second-order valence-electron chi connectivity index (χ2n) is 14.0. The molecule has 260 valence electrons. The van der Waals surface area contributed by atoms with Gasteiger partial charge >= 0.3 is 0 Å². The van der Waals surface area contributed by atoms with Crippen LogP contribution in [-0.4, -0.2) is 66.3 Å². The SMILES string of the molecule is CNC(=O)C1(Cc2ccccc2)CCN(C(=O)[C@@H](Cc2ccccc2-c2ccccc2)N(C)C(=O)/C=C/CC(C)(C)Nc2ccccc2)CC1. The maximum Gasteiger partial charge on any atom is 0.246 e. The number of nitrogens with one attached hydrogen (secondary N) is 2. The van der Waals surface area contributed by atoms with Crippen molar-refractivity contribution in [2.24, 2.45) is 5.41 Å². The Balaban J connectivity index is 1.36. The fourth-order valence-electron chi connectivity index (χ4n) is 6.99. The minimum atomic E-state index is -0.728. The molecular formula is C43H50N4O3. The lowest BCUT2D eigenvalue weighted by atomic mass is 9.73. The van der Waals surface area contributed by atoms with Crippen LogP contribution in [0.2, 0.25) is 0 Å². The number of benzene rings is 4. The van der Waals surface area contributed by atoms with Crippen LogP contribution in [-0.2, 0) is 27.2 Å². The number of carbonyl (C=O) groups is 3. The van der Waals surface area contributed by atoms with Crippen molar-refractivity contribution in [3.05, 3.63) is 139 Å². The third-order valence-electron chi connectivity index (χ3n) is 9.89. The second kappa shape index (κ2) is 16.5. The predicted octanol–water partition coefficient (Wildman–Crippen LogP) is 7.16. The third-order valence-corrected chi connectivity index (χ3v) is 9.89. The average molecular weight is 671 g/mol. The van der Waals surface area contributed by atoms with Crippen LogP contribution >= 0.6 is 0 Å². The van der Waals surface area contributed by atoms with Gasteiger partial charge in [0.25, 0.3) is 0 Å². The molecule has 0 aromatic heterocycles. The molecule has 0 unspecified atom stereocenters. The largest absolute Gasteiger partial charge is 0.380 e. The van der Waals surface area contributed by atoms with E-state index in [1.807, 2.05) is 95.9 Å². The van der Waals surface area contributed by atoms with E-state index in [4.69, 9.17) is 0 Å². The minimum Gasteiger partial charge on any atom is -0.380 e. The Morgan fingerprint density at radius 1 is 0.840 bits per heavy atom. The van der Waals surface area contributed by atoms with Crippen molar-refractivity contribution in [1.29, 1.82) is 0 Å². The zero-order valence-electron chi connectivity index (χ0n) is 29.8. The maximum absolute atomic E-state index is 14.5. The zero-order valence-corrected chi connectivity index (χ0v) is 29.8. The molecule has 7 heteroatoms. The second-order valence-corrected chi connectivity index (χ2v) is 14.0. The molecule has 1 heterocycles. The van der Waals surface area contributed by atoms with Crippen molar-refractivity contribution in [1.82, 2.24) is 15.1 Å². The fraction of sp³-hybridized carbons (Fsp3) is 0.326. The first kappa shape index (κ1) is 36.1. The molecular weight excluding hydrogens is 620 g/mol. The highest BCUT2D eigenvalue weighted by molar-refractivity contribution is 5.93. The van der Waals surface area contributed by atoms with Gasteiger partial charge in [0.1, 0.15) is 6.04 Å². The minimum absolute atomic E-state index is 0.00361. The van der Waals surface area contributed by atoms with Crippen LogP contribution < -0.4 is 10.6 Å². The highest BCUT2D eigenvalue weighted by atomic mass is 16.2. The molecule has 1 aliphatic rings. The molecule has 1 aliphatic heterocycles. The number of rotatable bonds is 13. The van der Waals surface area contributed by atoms with Crippen molar-refractivity contribution in [3.63, 3.8) is 0 Å². The van der Waals surface area contributed by atoms with Crippen LogP contribution in [0.15, 0.2) is 127 Å². The van der Waals surface area contributed by atoms with E-state index in [0.717, 1.165) is 27.9 Å². The van der Waals surface area contributed by atoms with Gasteiger partial charge in [-0.3, -0.25) is 14.4 Å². The summed E-state index contributed by atoms with van der Waals surface area (Å²) >= 11 is 0. The highest BCUT2D eigenvalue weighted by Crippen LogP contribution is 2.36. The molecule has 3 amide bonds. The van der Waals surface area contributed by atoms with E-state index in [0.29, 0.717) is 45.2 Å². The molecule has 0 bridgehead atoms. The molecule has 7 nitrogen and oxygen atoms in total. The number of likely N-dealkylation sites (tertiary alicyclic amines) is 1. The van der Waals surface area contributed by atoms with Crippen LogP contribution in [0.3, 0.4) is 0 Å². The van der Waals surface area contributed by atoms with E-state index in [2.05, 4.69) is 54.8 Å². The van der Waals surface area contributed by atoms with Crippen molar-refractivity contribution in [2.45, 2.75) is 57.5 Å². The maximum atomic E-state index is 14.5. The van der Waals surface area contributed by atoms with Crippen LogP contribution in [0.25, 0.3) is 11.1 Å². The summed E-state index contributed by atoms with van der Waals surface area (Å²) < 4.78 is 0. The van der Waals surface area contributed by atoms with Crippen LogP contribution in [0, 0.1) is 5.41 Å². The van der Waals surface area contributed by atoms with E-state index >= 15 is 0 Å². The number of amides is 3. The topological polar surface area (TPSA) is 81.8 Å². The Morgan fingerprint density at radius 3 is 2.06 bits per heavy atom. The molecule has 50 heavy (non-hydrogen) atoms. The lowest BCUT2D eigenvalue weighted by Crippen LogP contribution is -2.55. The first-order chi connectivity index (χ1) is 24.1. The van der Waals surface area contributed by atoms with E-state index in [-0.39, 0.29) is 23.3 Å². The standard InChI is InChI=1S/C43H50N4O3/c1-42(2,45-36-22-12-7-13-23-36)26-16-25-39(48)46(4)38(31-35-21-14-15-24-37(35)34-19-10-6-11-20-34)40(49)47-29-27-43(28-30-47,41(50)44-3)32-33-17-8-5-9-18-33/h5-25,38,45H,26-32H2,1-4H3,(H,44,50)/b25-16+/t38-/m1/s1. The van der Waals surface area contributed by atoms with Crippen LogP contribution in [0.1, 0.15) is 44.2 Å². The molecule has 5 rings (SSSR count). The summed E-state index contributed by atoms with van der Waals surface area (Å²) in [6, 6.07) is 37.6. The van der Waals surface area contributed by atoms with Crippen molar-refractivity contribution >= 4 is 23.4 Å². The summed E-state index contributed by atoms with van der Waals surface area (Å²) in [5.74, 6) is -0.325. The number of nitrogens with zero attached hydrogens (tertiary/aromatic N) is 2. The summed E-state index contributed by atoms with van der Waals surface area (Å²) in [6.07, 6.45) is 6.15. The Labute approximate surface area is 297 Å². The summed E-state index contributed by atoms with van der Waals surface area (Å²) in [5, 5.41) is 6.41. The molecule has 4 aromatic carbocycles. The normalized spacial score (nSPS) is 14.9. The van der Waals surface area contributed by atoms with E-state index in [1.54, 1.807) is 25.1 Å². The molecule has 1 atom stereocenters. The van der Waals surface area contributed by atoms with Crippen LogP contribution in [0.5, 0.6) is 0 Å². The van der Waals surface area contributed by atoms with E-state index < -0.39 is 11.5 Å². The van der Waals surface area contributed by atoms with Gasteiger partial charge in [-0.25, -0.2) is 0 Å².